The minimum Gasteiger partial charge on any atom is -0.386 e. The third-order valence-electron chi connectivity index (χ3n) is 3.26. The second-order valence-corrected chi connectivity index (χ2v) is 5.92. The molecule has 0 aliphatic carbocycles. The van der Waals surface area contributed by atoms with Crippen molar-refractivity contribution in [1.82, 2.24) is 14.5 Å². The Hall–Kier alpha value is -1.72. The summed E-state index contributed by atoms with van der Waals surface area (Å²) in [6, 6.07) is 8.06. The standard InChI is InChI=1S/C15H17N3OS/c1-2-7-18-10-16-9-12(18)13(19)8-15-17-11-5-3-4-6-14(11)20-15/h3-6,9-10,13,19H,2,7-8H2,1H3. The third kappa shape index (κ3) is 2.59. The highest BCUT2D eigenvalue weighted by molar-refractivity contribution is 7.18. The SMILES string of the molecule is CCCn1cncc1C(O)Cc1nc2ccccc2s1. The lowest BCUT2D eigenvalue weighted by molar-refractivity contribution is 0.168. The number of aromatic nitrogens is 3. The molecule has 0 fully saturated rings. The Bertz CT molecular complexity index is 671. The molecule has 0 saturated heterocycles. The van der Waals surface area contributed by atoms with Crippen molar-refractivity contribution < 1.29 is 5.11 Å². The predicted molar refractivity (Wildman–Crippen MR) is 80.8 cm³/mol. The van der Waals surface area contributed by atoms with Crippen molar-refractivity contribution >= 4 is 21.6 Å². The van der Waals surface area contributed by atoms with Crippen LogP contribution in [0.15, 0.2) is 36.8 Å². The Morgan fingerprint density at radius 1 is 1.35 bits per heavy atom. The van der Waals surface area contributed by atoms with Crippen LogP contribution in [0.25, 0.3) is 10.2 Å². The van der Waals surface area contributed by atoms with E-state index < -0.39 is 6.10 Å². The molecule has 0 radical (unpaired) electrons. The van der Waals surface area contributed by atoms with Gasteiger partial charge in [-0.25, -0.2) is 9.97 Å². The van der Waals surface area contributed by atoms with Crippen molar-refractivity contribution in [2.45, 2.75) is 32.4 Å². The van der Waals surface area contributed by atoms with Crippen LogP contribution >= 0.6 is 11.3 Å². The fraction of sp³-hybridized carbons (Fsp3) is 0.333. The van der Waals surface area contributed by atoms with Crippen molar-refractivity contribution in [3.05, 3.63) is 47.5 Å². The molecule has 1 aromatic carbocycles. The van der Waals surface area contributed by atoms with Crippen LogP contribution in [0.2, 0.25) is 0 Å². The molecule has 1 N–H and O–H groups in total. The fourth-order valence-corrected chi connectivity index (χ4v) is 3.32. The number of nitrogens with zero attached hydrogens (tertiary/aromatic N) is 3. The molecule has 5 heteroatoms. The van der Waals surface area contributed by atoms with Crippen molar-refractivity contribution in [1.29, 1.82) is 0 Å². The minimum atomic E-state index is -0.551. The summed E-state index contributed by atoms with van der Waals surface area (Å²) in [5.41, 5.74) is 1.87. The molecule has 2 heterocycles. The second kappa shape index (κ2) is 5.73. The molecule has 1 atom stereocenters. The average Bonchev–Trinajstić information content (AvgIpc) is 3.04. The van der Waals surface area contributed by atoms with Crippen LogP contribution in [0.5, 0.6) is 0 Å². The van der Waals surface area contributed by atoms with Gasteiger partial charge in [0.25, 0.3) is 0 Å². The topological polar surface area (TPSA) is 50.9 Å². The lowest BCUT2D eigenvalue weighted by Crippen LogP contribution is -2.09. The van der Waals surface area contributed by atoms with Crippen LogP contribution in [0.1, 0.15) is 30.2 Å². The summed E-state index contributed by atoms with van der Waals surface area (Å²) in [4.78, 5) is 8.70. The van der Waals surface area contributed by atoms with E-state index >= 15 is 0 Å². The number of thiazole rings is 1. The summed E-state index contributed by atoms with van der Waals surface area (Å²) >= 11 is 1.64. The first-order chi connectivity index (χ1) is 9.78. The summed E-state index contributed by atoms with van der Waals surface area (Å²) in [6.45, 7) is 3.00. The highest BCUT2D eigenvalue weighted by Gasteiger charge is 2.15. The van der Waals surface area contributed by atoms with Crippen LogP contribution in [0.3, 0.4) is 0 Å². The monoisotopic (exact) mass is 287 g/mol. The zero-order valence-electron chi connectivity index (χ0n) is 11.4. The molecule has 4 nitrogen and oxygen atoms in total. The van der Waals surface area contributed by atoms with Crippen molar-refractivity contribution in [2.75, 3.05) is 0 Å². The molecule has 2 aromatic heterocycles. The van der Waals surface area contributed by atoms with Crippen LogP contribution in [0.4, 0.5) is 0 Å². The number of aliphatic hydroxyl groups excluding tert-OH is 1. The number of aliphatic hydroxyl groups is 1. The molecular weight excluding hydrogens is 270 g/mol. The Balaban J connectivity index is 1.81. The van der Waals surface area contributed by atoms with E-state index in [9.17, 15) is 5.11 Å². The maximum Gasteiger partial charge on any atom is 0.102 e. The van der Waals surface area contributed by atoms with Gasteiger partial charge in [0.1, 0.15) is 6.10 Å². The maximum atomic E-state index is 10.4. The Kier molecular flexibility index (Phi) is 3.80. The second-order valence-electron chi connectivity index (χ2n) is 4.81. The summed E-state index contributed by atoms with van der Waals surface area (Å²) in [5, 5.41) is 11.4. The lowest BCUT2D eigenvalue weighted by Gasteiger charge is -2.11. The molecule has 0 saturated carbocycles. The van der Waals surface area contributed by atoms with Gasteiger partial charge in [-0.3, -0.25) is 0 Å². The first-order valence-corrected chi connectivity index (χ1v) is 7.62. The molecule has 1 unspecified atom stereocenters. The molecule has 0 aliphatic rings. The predicted octanol–water partition coefficient (Wildman–Crippen LogP) is 3.18. The van der Waals surface area contributed by atoms with Crippen LogP contribution in [-0.4, -0.2) is 19.6 Å². The van der Waals surface area contributed by atoms with E-state index in [2.05, 4.69) is 23.0 Å². The van der Waals surface area contributed by atoms with Gasteiger partial charge in [0.05, 0.1) is 33.4 Å². The quantitative estimate of drug-likeness (QED) is 0.784. The molecule has 0 spiro atoms. The zero-order chi connectivity index (χ0) is 13.9. The number of rotatable bonds is 5. The van der Waals surface area contributed by atoms with Gasteiger partial charge in [0, 0.05) is 13.0 Å². The Morgan fingerprint density at radius 3 is 3.00 bits per heavy atom. The van der Waals surface area contributed by atoms with Gasteiger partial charge in [-0.15, -0.1) is 11.3 Å². The van der Waals surface area contributed by atoms with Crippen LogP contribution in [-0.2, 0) is 13.0 Å². The molecule has 104 valence electrons. The lowest BCUT2D eigenvalue weighted by atomic mass is 10.2. The molecule has 0 aliphatic heterocycles. The van der Waals surface area contributed by atoms with Crippen LogP contribution in [0, 0.1) is 0 Å². The average molecular weight is 287 g/mol. The first-order valence-electron chi connectivity index (χ1n) is 6.80. The largest absolute Gasteiger partial charge is 0.386 e. The highest BCUT2D eigenvalue weighted by Crippen LogP contribution is 2.26. The smallest absolute Gasteiger partial charge is 0.102 e. The van der Waals surface area contributed by atoms with Gasteiger partial charge in [0.2, 0.25) is 0 Å². The van der Waals surface area contributed by atoms with E-state index in [4.69, 9.17) is 0 Å². The first kappa shape index (κ1) is 13.3. The van der Waals surface area contributed by atoms with E-state index in [1.165, 1.54) is 0 Å². The summed E-state index contributed by atoms with van der Waals surface area (Å²) in [7, 11) is 0. The van der Waals surface area contributed by atoms with E-state index in [1.807, 2.05) is 22.8 Å². The van der Waals surface area contributed by atoms with Crippen LogP contribution < -0.4 is 0 Å². The van der Waals surface area contributed by atoms with Crippen molar-refractivity contribution in [2.24, 2.45) is 0 Å². The molecule has 20 heavy (non-hydrogen) atoms. The number of aryl methyl sites for hydroxylation is 1. The van der Waals surface area contributed by atoms with Gasteiger partial charge >= 0.3 is 0 Å². The van der Waals surface area contributed by atoms with E-state index in [-0.39, 0.29) is 0 Å². The molecule has 3 aromatic rings. The maximum absolute atomic E-state index is 10.4. The number of hydrogen-bond donors (Lipinski definition) is 1. The third-order valence-corrected chi connectivity index (χ3v) is 4.32. The Labute approximate surface area is 121 Å². The molecule has 3 rings (SSSR count). The van der Waals surface area contributed by atoms with Gasteiger partial charge in [-0.2, -0.15) is 0 Å². The van der Waals surface area contributed by atoms with Crippen molar-refractivity contribution in [3.63, 3.8) is 0 Å². The number of fused-ring (bicyclic) bond motifs is 1. The van der Waals surface area contributed by atoms with E-state index in [1.54, 1.807) is 23.9 Å². The number of imidazole rings is 1. The van der Waals surface area contributed by atoms with Gasteiger partial charge in [-0.1, -0.05) is 19.1 Å². The zero-order valence-corrected chi connectivity index (χ0v) is 12.2. The summed E-state index contributed by atoms with van der Waals surface area (Å²) < 4.78 is 3.18. The Morgan fingerprint density at radius 2 is 2.20 bits per heavy atom. The number of para-hydroxylation sites is 1. The summed E-state index contributed by atoms with van der Waals surface area (Å²) in [5.74, 6) is 0. The normalized spacial score (nSPS) is 12.9. The van der Waals surface area contributed by atoms with Gasteiger partial charge < -0.3 is 9.67 Å². The molecule has 0 amide bonds. The number of hydrogen-bond acceptors (Lipinski definition) is 4. The minimum absolute atomic E-state index is 0.536. The van der Waals surface area contributed by atoms with Crippen molar-refractivity contribution in [3.8, 4) is 0 Å². The van der Waals surface area contributed by atoms with Gasteiger partial charge in [0.15, 0.2) is 0 Å². The van der Waals surface area contributed by atoms with Gasteiger partial charge in [-0.05, 0) is 18.6 Å². The van der Waals surface area contributed by atoms with E-state index in [0.29, 0.717) is 6.42 Å². The van der Waals surface area contributed by atoms with E-state index in [0.717, 1.165) is 33.9 Å². The molecular formula is C15H17N3OS. The highest BCUT2D eigenvalue weighted by atomic mass is 32.1. The number of benzene rings is 1. The molecule has 0 bridgehead atoms. The fourth-order valence-electron chi connectivity index (χ4n) is 2.31. The summed E-state index contributed by atoms with van der Waals surface area (Å²) in [6.07, 6.45) is 4.53.